The van der Waals surface area contributed by atoms with Crippen LogP contribution in [0.25, 0.3) is 0 Å². The van der Waals surface area contributed by atoms with E-state index in [0.717, 1.165) is 5.56 Å². The van der Waals surface area contributed by atoms with E-state index in [2.05, 4.69) is 5.32 Å². The van der Waals surface area contributed by atoms with Crippen LogP contribution in [-0.2, 0) is 30.3 Å². The third kappa shape index (κ3) is 6.64. The van der Waals surface area contributed by atoms with E-state index in [9.17, 15) is 19.2 Å². The fourth-order valence-electron chi connectivity index (χ4n) is 3.21. The van der Waals surface area contributed by atoms with Gasteiger partial charge < -0.3 is 21.5 Å². The van der Waals surface area contributed by atoms with Crippen LogP contribution in [0, 0.1) is 0 Å². The summed E-state index contributed by atoms with van der Waals surface area (Å²) in [5.41, 5.74) is 12.3. The first-order valence-corrected chi connectivity index (χ1v) is 10.1. The Bertz CT molecular complexity index is 936. The molecular weight excluding hydrogens is 412 g/mol. The third-order valence-corrected chi connectivity index (χ3v) is 4.86. The first kappa shape index (κ1) is 24.5. The summed E-state index contributed by atoms with van der Waals surface area (Å²) in [6, 6.07) is 14.4. The predicted molar refractivity (Wildman–Crippen MR) is 119 cm³/mol. The topological polar surface area (TPSA) is 145 Å². The first-order valence-electron chi connectivity index (χ1n) is 10.1. The Balaban J connectivity index is 2.27. The number of benzene rings is 2. The highest BCUT2D eigenvalue weighted by molar-refractivity contribution is 6.04. The average Bonchev–Trinajstić information content (AvgIpc) is 2.79. The van der Waals surface area contributed by atoms with E-state index in [1.807, 2.05) is 30.3 Å². The number of anilines is 1. The van der Waals surface area contributed by atoms with Gasteiger partial charge in [0.05, 0.1) is 19.6 Å². The average molecular weight is 441 g/mol. The highest BCUT2D eigenvalue weighted by atomic mass is 16.5. The Morgan fingerprint density at radius 2 is 1.56 bits per heavy atom. The maximum absolute atomic E-state index is 13.1. The molecule has 0 aliphatic carbocycles. The minimum absolute atomic E-state index is 0.215. The molecule has 0 radical (unpaired) electrons. The lowest BCUT2D eigenvalue weighted by atomic mass is 10.0. The smallest absolute Gasteiger partial charge is 0.328 e. The number of para-hydroxylation sites is 1. The molecule has 3 unspecified atom stereocenters. The van der Waals surface area contributed by atoms with E-state index < -0.39 is 41.8 Å². The fourth-order valence-corrected chi connectivity index (χ4v) is 3.21. The molecule has 32 heavy (non-hydrogen) atoms. The molecule has 0 spiro atoms. The Hall–Kier alpha value is -3.72. The van der Waals surface area contributed by atoms with E-state index >= 15 is 0 Å². The summed E-state index contributed by atoms with van der Waals surface area (Å²) in [7, 11) is 1.23. The van der Waals surface area contributed by atoms with Crippen molar-refractivity contribution < 1.29 is 23.9 Å². The maximum atomic E-state index is 13.1. The highest BCUT2D eigenvalue weighted by Crippen LogP contribution is 2.19. The van der Waals surface area contributed by atoms with Gasteiger partial charge in [-0.2, -0.15) is 0 Å². The molecule has 2 aromatic rings. The van der Waals surface area contributed by atoms with Crippen molar-refractivity contribution in [2.75, 3.05) is 12.0 Å². The van der Waals surface area contributed by atoms with Gasteiger partial charge in [0.2, 0.25) is 17.7 Å². The summed E-state index contributed by atoms with van der Waals surface area (Å²) < 4.78 is 4.83. The van der Waals surface area contributed by atoms with Crippen molar-refractivity contribution in [2.45, 2.75) is 37.9 Å². The number of nitrogens with two attached hydrogens (primary N) is 2. The maximum Gasteiger partial charge on any atom is 0.328 e. The largest absolute Gasteiger partial charge is 0.467 e. The summed E-state index contributed by atoms with van der Waals surface area (Å²) in [6.45, 7) is 1.51. The normalized spacial score (nSPS) is 13.3. The second-order valence-corrected chi connectivity index (χ2v) is 7.27. The second kappa shape index (κ2) is 11.6. The van der Waals surface area contributed by atoms with E-state index in [4.69, 9.17) is 16.2 Å². The SMILES string of the molecule is COC(=O)C(Cc1ccccc1)NC(=O)C(C)N(C(=O)C(N)CC(N)=O)c1ccccc1. The van der Waals surface area contributed by atoms with Crippen LogP contribution in [0.2, 0.25) is 0 Å². The monoisotopic (exact) mass is 440 g/mol. The van der Waals surface area contributed by atoms with E-state index in [1.165, 1.54) is 18.9 Å². The summed E-state index contributed by atoms with van der Waals surface area (Å²) in [4.78, 5) is 50.8. The molecule has 0 aromatic heterocycles. The standard InChI is InChI=1S/C23H28N4O5/c1-15(21(29)26-19(23(31)32-2)13-16-9-5-3-6-10-16)27(17-11-7-4-8-12-17)22(30)18(24)14-20(25)28/h3-12,15,18-19H,13-14,24H2,1-2H3,(H2,25,28)(H,26,29). The van der Waals surface area contributed by atoms with Crippen LogP contribution in [0.4, 0.5) is 5.69 Å². The summed E-state index contributed by atoms with van der Waals surface area (Å²) in [6.07, 6.45) is -0.151. The molecule has 0 fully saturated rings. The van der Waals surface area contributed by atoms with Crippen molar-refractivity contribution in [2.24, 2.45) is 11.5 Å². The van der Waals surface area contributed by atoms with Gasteiger partial charge in [-0.25, -0.2) is 4.79 Å². The van der Waals surface area contributed by atoms with E-state index in [-0.39, 0.29) is 12.8 Å². The lowest BCUT2D eigenvalue weighted by Crippen LogP contribution is -2.56. The Morgan fingerprint density at radius 3 is 2.09 bits per heavy atom. The molecule has 9 heteroatoms. The number of methoxy groups -OCH3 is 1. The number of rotatable bonds is 10. The first-order chi connectivity index (χ1) is 15.2. The van der Waals surface area contributed by atoms with Gasteiger partial charge in [0.25, 0.3) is 0 Å². The minimum Gasteiger partial charge on any atom is -0.467 e. The van der Waals surface area contributed by atoms with Gasteiger partial charge in [0.15, 0.2) is 0 Å². The van der Waals surface area contributed by atoms with Crippen LogP contribution in [0.15, 0.2) is 60.7 Å². The second-order valence-electron chi connectivity index (χ2n) is 7.27. The molecule has 9 nitrogen and oxygen atoms in total. The van der Waals surface area contributed by atoms with Crippen LogP contribution in [0.3, 0.4) is 0 Å². The highest BCUT2D eigenvalue weighted by Gasteiger charge is 2.33. The van der Waals surface area contributed by atoms with Gasteiger partial charge in [-0.1, -0.05) is 48.5 Å². The van der Waals surface area contributed by atoms with Crippen molar-refractivity contribution in [3.8, 4) is 0 Å². The molecule has 0 saturated heterocycles. The molecule has 0 bridgehead atoms. The van der Waals surface area contributed by atoms with Gasteiger partial charge in [0.1, 0.15) is 12.1 Å². The molecule has 2 aromatic carbocycles. The van der Waals surface area contributed by atoms with Crippen molar-refractivity contribution in [3.05, 3.63) is 66.2 Å². The number of esters is 1. The van der Waals surface area contributed by atoms with Crippen LogP contribution in [-0.4, -0.2) is 48.9 Å². The number of hydrogen-bond donors (Lipinski definition) is 3. The molecule has 170 valence electrons. The molecular formula is C23H28N4O5. The molecule has 0 saturated carbocycles. The quantitative estimate of drug-likeness (QED) is 0.459. The van der Waals surface area contributed by atoms with Crippen LogP contribution in [0.5, 0.6) is 0 Å². The predicted octanol–water partition coefficient (Wildman–Crippen LogP) is 0.511. The number of hydrogen-bond acceptors (Lipinski definition) is 6. The van der Waals surface area contributed by atoms with Crippen LogP contribution >= 0.6 is 0 Å². The molecule has 5 N–H and O–H groups in total. The Morgan fingerprint density at radius 1 is 1.00 bits per heavy atom. The zero-order valence-electron chi connectivity index (χ0n) is 18.1. The van der Waals surface area contributed by atoms with Crippen LogP contribution < -0.4 is 21.7 Å². The lowest BCUT2D eigenvalue weighted by molar-refractivity contribution is -0.145. The Kier molecular flexibility index (Phi) is 8.91. The van der Waals surface area contributed by atoms with Gasteiger partial charge in [0, 0.05) is 12.1 Å². The Labute approximate surface area is 186 Å². The molecule has 2 rings (SSSR count). The van der Waals surface area contributed by atoms with Gasteiger partial charge in [-0.3, -0.25) is 19.3 Å². The molecule has 0 aliphatic heterocycles. The molecule has 0 aliphatic rings. The minimum atomic E-state index is -1.22. The van der Waals surface area contributed by atoms with Crippen LogP contribution in [0.1, 0.15) is 18.9 Å². The third-order valence-electron chi connectivity index (χ3n) is 4.86. The zero-order valence-corrected chi connectivity index (χ0v) is 18.1. The van der Waals surface area contributed by atoms with Crippen molar-refractivity contribution in [1.29, 1.82) is 0 Å². The number of primary amides is 1. The summed E-state index contributed by atoms with van der Waals surface area (Å²) in [5.74, 6) is -2.57. The lowest BCUT2D eigenvalue weighted by Gasteiger charge is -2.31. The molecule has 3 amide bonds. The van der Waals surface area contributed by atoms with Crippen molar-refractivity contribution >= 4 is 29.4 Å². The zero-order chi connectivity index (χ0) is 23.7. The number of carbonyl (C=O) groups excluding carboxylic acids is 4. The van der Waals surface area contributed by atoms with Crippen molar-refractivity contribution in [1.82, 2.24) is 5.32 Å². The van der Waals surface area contributed by atoms with Gasteiger partial charge >= 0.3 is 5.97 Å². The number of amides is 3. The number of nitrogens with zero attached hydrogens (tertiary/aromatic N) is 1. The fraction of sp³-hybridized carbons (Fsp3) is 0.304. The van der Waals surface area contributed by atoms with Crippen molar-refractivity contribution in [3.63, 3.8) is 0 Å². The van der Waals surface area contributed by atoms with Gasteiger partial charge in [-0.05, 0) is 24.6 Å². The summed E-state index contributed by atoms with van der Waals surface area (Å²) in [5, 5.41) is 2.66. The number of nitrogens with one attached hydrogen (secondary N) is 1. The van der Waals surface area contributed by atoms with Gasteiger partial charge in [-0.15, -0.1) is 0 Å². The number of ether oxygens (including phenoxy) is 1. The molecule has 3 atom stereocenters. The summed E-state index contributed by atoms with van der Waals surface area (Å²) >= 11 is 0. The number of carbonyl (C=O) groups is 4. The molecule has 0 heterocycles. The van der Waals surface area contributed by atoms with E-state index in [1.54, 1.807) is 30.3 Å². The van der Waals surface area contributed by atoms with E-state index in [0.29, 0.717) is 5.69 Å².